The largest absolute Gasteiger partial charge is 0.354 e. The van der Waals surface area contributed by atoms with E-state index in [2.05, 4.69) is 5.32 Å². The van der Waals surface area contributed by atoms with E-state index in [0.717, 1.165) is 15.4 Å². The van der Waals surface area contributed by atoms with Crippen molar-refractivity contribution in [2.24, 2.45) is 5.92 Å². The molecule has 0 saturated heterocycles. The number of rotatable bonds is 11. The summed E-state index contributed by atoms with van der Waals surface area (Å²) >= 11 is 12.2. The van der Waals surface area contributed by atoms with Gasteiger partial charge in [0.1, 0.15) is 12.6 Å². The number of nitrogens with zero attached hydrogens (tertiary/aromatic N) is 2. The fourth-order valence-corrected chi connectivity index (χ4v) is 5.90. The second-order valence-corrected chi connectivity index (χ2v) is 13.0. The van der Waals surface area contributed by atoms with Gasteiger partial charge in [-0.05, 0) is 80.3 Å². The molecule has 0 bridgehead atoms. The van der Waals surface area contributed by atoms with E-state index in [4.69, 9.17) is 23.2 Å². The molecule has 0 unspecified atom stereocenters. The normalized spacial score (nSPS) is 12.2. The highest BCUT2D eigenvalue weighted by atomic mass is 35.5. The average Bonchev–Trinajstić information content (AvgIpc) is 2.90. The SMILES string of the molecule is Cc1ccc(S(=O)(=O)N(CC(=O)N(Cc2ccc(Cl)cc2)[C@@H](C)C(=O)NCC(C)C)c2ccc(Cl)cc2C)cc1. The Morgan fingerprint density at radius 3 is 2.05 bits per heavy atom. The lowest BCUT2D eigenvalue weighted by atomic mass is 10.1. The zero-order valence-corrected chi connectivity index (χ0v) is 25.6. The van der Waals surface area contributed by atoms with E-state index in [1.165, 1.54) is 17.0 Å². The Morgan fingerprint density at radius 1 is 0.875 bits per heavy atom. The summed E-state index contributed by atoms with van der Waals surface area (Å²) in [6.07, 6.45) is 0. The van der Waals surface area contributed by atoms with E-state index in [9.17, 15) is 18.0 Å². The van der Waals surface area contributed by atoms with Crippen molar-refractivity contribution in [1.29, 1.82) is 0 Å². The summed E-state index contributed by atoms with van der Waals surface area (Å²) in [7, 11) is -4.16. The van der Waals surface area contributed by atoms with Crippen molar-refractivity contribution >= 4 is 50.7 Å². The van der Waals surface area contributed by atoms with E-state index in [0.29, 0.717) is 27.8 Å². The van der Waals surface area contributed by atoms with Gasteiger partial charge in [-0.1, -0.05) is 66.9 Å². The van der Waals surface area contributed by atoms with Gasteiger partial charge in [0.2, 0.25) is 11.8 Å². The highest BCUT2D eigenvalue weighted by molar-refractivity contribution is 7.92. The molecular weight excluding hydrogens is 569 g/mol. The summed E-state index contributed by atoms with van der Waals surface area (Å²) < 4.78 is 29.0. The summed E-state index contributed by atoms with van der Waals surface area (Å²) in [6.45, 7) is 9.20. The van der Waals surface area contributed by atoms with Crippen molar-refractivity contribution in [2.45, 2.75) is 52.1 Å². The predicted octanol–water partition coefficient (Wildman–Crippen LogP) is 6.00. The van der Waals surface area contributed by atoms with Crippen LogP contribution in [0.2, 0.25) is 10.0 Å². The molecule has 0 radical (unpaired) electrons. The Balaban J connectivity index is 2.04. The number of anilines is 1. The number of hydrogen-bond acceptors (Lipinski definition) is 4. The van der Waals surface area contributed by atoms with Crippen molar-refractivity contribution in [3.63, 3.8) is 0 Å². The van der Waals surface area contributed by atoms with Crippen LogP contribution in [0.5, 0.6) is 0 Å². The fraction of sp³-hybridized carbons (Fsp3) is 0.333. The maximum Gasteiger partial charge on any atom is 0.264 e. The van der Waals surface area contributed by atoms with Crippen LogP contribution in [-0.2, 0) is 26.2 Å². The third-order valence-corrected chi connectivity index (χ3v) is 8.69. The number of amides is 2. The number of halogens is 2. The summed E-state index contributed by atoms with van der Waals surface area (Å²) in [5.74, 6) is -0.640. The van der Waals surface area contributed by atoms with E-state index in [-0.39, 0.29) is 23.3 Å². The highest BCUT2D eigenvalue weighted by Crippen LogP contribution is 2.29. The summed E-state index contributed by atoms with van der Waals surface area (Å²) in [4.78, 5) is 28.5. The highest BCUT2D eigenvalue weighted by Gasteiger charge is 2.33. The minimum atomic E-state index is -4.16. The van der Waals surface area contributed by atoms with Crippen molar-refractivity contribution in [2.75, 3.05) is 17.4 Å². The van der Waals surface area contributed by atoms with Gasteiger partial charge in [-0.3, -0.25) is 13.9 Å². The van der Waals surface area contributed by atoms with Crippen LogP contribution in [0.4, 0.5) is 5.69 Å². The molecule has 3 aromatic rings. The van der Waals surface area contributed by atoms with Gasteiger partial charge in [0.05, 0.1) is 10.6 Å². The minimum Gasteiger partial charge on any atom is -0.354 e. The number of carbonyl (C=O) groups excluding carboxylic acids is 2. The Labute approximate surface area is 247 Å². The summed E-state index contributed by atoms with van der Waals surface area (Å²) in [5, 5.41) is 3.86. The standard InChI is InChI=1S/C30H35Cl2N3O4S/c1-20(2)17-33-30(37)23(5)34(18-24-8-10-25(31)11-9-24)29(36)19-35(28-15-12-26(32)16-22(28)4)40(38,39)27-13-6-21(3)7-14-27/h6-16,20,23H,17-19H2,1-5H3,(H,33,37)/t23-/m0/s1. The molecule has 2 amide bonds. The molecule has 1 atom stereocenters. The summed E-state index contributed by atoms with van der Waals surface area (Å²) in [5.41, 5.74) is 2.56. The molecule has 0 spiro atoms. The lowest BCUT2D eigenvalue weighted by Gasteiger charge is -2.32. The molecule has 3 aromatic carbocycles. The van der Waals surface area contributed by atoms with Gasteiger partial charge < -0.3 is 10.2 Å². The molecule has 0 saturated carbocycles. The quantitative estimate of drug-likeness (QED) is 0.291. The van der Waals surface area contributed by atoms with E-state index >= 15 is 0 Å². The van der Waals surface area contributed by atoms with Gasteiger partial charge >= 0.3 is 0 Å². The van der Waals surface area contributed by atoms with Gasteiger partial charge in [0.25, 0.3) is 10.0 Å². The third kappa shape index (κ3) is 7.99. The smallest absolute Gasteiger partial charge is 0.264 e. The second kappa shape index (κ2) is 13.5. The monoisotopic (exact) mass is 603 g/mol. The van der Waals surface area contributed by atoms with Crippen LogP contribution in [0.3, 0.4) is 0 Å². The molecule has 40 heavy (non-hydrogen) atoms. The lowest BCUT2D eigenvalue weighted by Crippen LogP contribution is -2.51. The van der Waals surface area contributed by atoms with E-state index in [1.807, 2.05) is 20.8 Å². The molecule has 1 N–H and O–H groups in total. The van der Waals surface area contributed by atoms with E-state index in [1.54, 1.807) is 68.4 Å². The number of aryl methyl sites for hydroxylation is 2. The van der Waals surface area contributed by atoms with Gasteiger partial charge in [0, 0.05) is 23.1 Å². The first-order chi connectivity index (χ1) is 18.8. The number of hydrogen-bond donors (Lipinski definition) is 1. The van der Waals surface area contributed by atoms with Crippen LogP contribution < -0.4 is 9.62 Å². The predicted molar refractivity (Wildman–Crippen MR) is 161 cm³/mol. The molecule has 0 aliphatic rings. The topological polar surface area (TPSA) is 86.8 Å². The number of nitrogens with one attached hydrogen (secondary N) is 1. The zero-order chi connectivity index (χ0) is 29.6. The number of carbonyl (C=O) groups is 2. The van der Waals surface area contributed by atoms with E-state index < -0.39 is 28.5 Å². The van der Waals surface area contributed by atoms with Crippen LogP contribution >= 0.6 is 23.2 Å². The molecule has 3 rings (SSSR count). The van der Waals surface area contributed by atoms with Crippen molar-refractivity contribution in [3.8, 4) is 0 Å². The van der Waals surface area contributed by atoms with Crippen molar-refractivity contribution in [1.82, 2.24) is 10.2 Å². The molecule has 0 aromatic heterocycles. The van der Waals surface area contributed by atoms with Gasteiger partial charge in [-0.25, -0.2) is 8.42 Å². The fourth-order valence-electron chi connectivity index (χ4n) is 4.07. The summed E-state index contributed by atoms with van der Waals surface area (Å²) in [6, 6.07) is 17.3. The minimum absolute atomic E-state index is 0.0484. The molecular formula is C30H35Cl2N3O4S. The van der Waals surface area contributed by atoms with Crippen molar-refractivity contribution in [3.05, 3.63) is 93.5 Å². The zero-order valence-electron chi connectivity index (χ0n) is 23.3. The van der Waals surface area contributed by atoms with Gasteiger partial charge in [0.15, 0.2) is 0 Å². The molecule has 10 heteroatoms. The van der Waals surface area contributed by atoms with Gasteiger partial charge in [-0.15, -0.1) is 0 Å². The molecule has 0 aliphatic carbocycles. The van der Waals surface area contributed by atoms with Crippen molar-refractivity contribution < 1.29 is 18.0 Å². The lowest BCUT2D eigenvalue weighted by molar-refractivity contribution is -0.139. The Hall–Kier alpha value is -3.07. The molecule has 0 fully saturated rings. The number of benzene rings is 3. The Bertz CT molecular complexity index is 1440. The first-order valence-electron chi connectivity index (χ1n) is 13.0. The van der Waals surface area contributed by atoms with Gasteiger partial charge in [-0.2, -0.15) is 0 Å². The first-order valence-corrected chi connectivity index (χ1v) is 15.2. The molecule has 214 valence electrons. The maximum absolute atomic E-state index is 14.0. The number of sulfonamides is 1. The first kappa shape index (κ1) is 31.5. The molecule has 0 heterocycles. The maximum atomic E-state index is 14.0. The van der Waals surface area contributed by atoms with Crippen LogP contribution in [0, 0.1) is 19.8 Å². The second-order valence-electron chi connectivity index (χ2n) is 10.2. The Kier molecular flexibility index (Phi) is 10.6. The van der Waals surface area contributed by atoms with Crippen LogP contribution in [-0.4, -0.2) is 44.3 Å². The molecule has 7 nitrogen and oxygen atoms in total. The third-order valence-electron chi connectivity index (χ3n) is 6.43. The molecule has 0 aliphatic heterocycles. The van der Waals surface area contributed by atoms with Crippen LogP contribution in [0.1, 0.15) is 37.5 Å². The van der Waals surface area contributed by atoms with Crippen LogP contribution in [0.25, 0.3) is 0 Å². The Morgan fingerprint density at radius 2 is 1.48 bits per heavy atom. The van der Waals surface area contributed by atoms with Crippen LogP contribution in [0.15, 0.2) is 71.6 Å². The average molecular weight is 605 g/mol.